The van der Waals surface area contributed by atoms with Crippen LogP contribution in [-0.2, 0) is 9.59 Å². The fourth-order valence-electron chi connectivity index (χ4n) is 4.25. The number of nitrogens with zero attached hydrogens (tertiary/aromatic N) is 4. The predicted molar refractivity (Wildman–Crippen MR) is 136 cm³/mol. The molecule has 1 fully saturated rings. The highest BCUT2D eigenvalue weighted by molar-refractivity contribution is 7.23. The highest BCUT2D eigenvalue weighted by Crippen LogP contribution is 2.37. The van der Waals surface area contributed by atoms with E-state index in [0.717, 1.165) is 28.9 Å². The van der Waals surface area contributed by atoms with E-state index >= 15 is 0 Å². The molecule has 0 aliphatic carbocycles. The predicted octanol–water partition coefficient (Wildman–Crippen LogP) is 5.13. The van der Waals surface area contributed by atoms with Gasteiger partial charge in [0.05, 0.1) is 21.2 Å². The van der Waals surface area contributed by atoms with Crippen molar-refractivity contribution in [2.75, 3.05) is 42.5 Å². The molecular weight excluding hydrogens is 475 g/mol. The van der Waals surface area contributed by atoms with Crippen LogP contribution in [0, 0.1) is 18.7 Å². The summed E-state index contributed by atoms with van der Waals surface area (Å²) in [6.45, 7) is 9.34. The zero-order valence-corrected chi connectivity index (χ0v) is 21.1. The lowest BCUT2D eigenvalue weighted by atomic mass is 10.1. The van der Waals surface area contributed by atoms with Crippen LogP contribution in [0.5, 0.6) is 0 Å². The summed E-state index contributed by atoms with van der Waals surface area (Å²) in [4.78, 5) is 36.8. The summed E-state index contributed by atoms with van der Waals surface area (Å²) < 4.78 is 14.2. The zero-order valence-electron chi connectivity index (χ0n) is 19.6. The first-order valence-electron chi connectivity index (χ1n) is 11.5. The van der Waals surface area contributed by atoms with Gasteiger partial charge < -0.3 is 9.80 Å². The number of aromatic nitrogens is 1. The number of fused-ring (bicyclic) bond motifs is 1. The van der Waals surface area contributed by atoms with E-state index in [1.165, 1.54) is 23.5 Å². The molecule has 1 saturated heterocycles. The second kappa shape index (κ2) is 10.4. The Balaban J connectivity index is 1.63. The first-order chi connectivity index (χ1) is 16.3. The summed E-state index contributed by atoms with van der Waals surface area (Å²) in [6.07, 6.45) is 0.114. The fourth-order valence-corrected chi connectivity index (χ4v) is 5.60. The minimum Gasteiger partial charge on any atom is -0.312 e. The van der Waals surface area contributed by atoms with Crippen molar-refractivity contribution in [1.29, 1.82) is 0 Å². The molecule has 34 heavy (non-hydrogen) atoms. The van der Waals surface area contributed by atoms with Crippen LogP contribution in [0.25, 0.3) is 10.2 Å². The number of anilines is 2. The van der Waals surface area contributed by atoms with Crippen LogP contribution in [0.1, 0.15) is 25.8 Å². The Hall–Kier alpha value is -2.55. The molecule has 0 saturated carbocycles. The Labute approximate surface area is 207 Å². The van der Waals surface area contributed by atoms with E-state index in [4.69, 9.17) is 16.6 Å². The molecule has 2 heterocycles. The summed E-state index contributed by atoms with van der Waals surface area (Å²) in [5, 5.41) is 1.20. The summed E-state index contributed by atoms with van der Waals surface area (Å²) in [7, 11) is 0. The first-order valence-corrected chi connectivity index (χ1v) is 12.7. The number of halogens is 2. The molecule has 0 N–H and O–H groups in total. The molecule has 180 valence electrons. The van der Waals surface area contributed by atoms with E-state index in [0.29, 0.717) is 28.9 Å². The molecule has 0 spiro atoms. The summed E-state index contributed by atoms with van der Waals surface area (Å²) >= 11 is 7.83. The van der Waals surface area contributed by atoms with Crippen molar-refractivity contribution in [1.82, 2.24) is 9.88 Å². The van der Waals surface area contributed by atoms with Crippen LogP contribution < -0.4 is 9.80 Å². The molecule has 2 aromatic carbocycles. The standard InChI is InChI=1S/C25H28ClFN4O2S/c1-4-29(5-2)12-13-30(25-28-22-16(3)6-11-20(26)23(22)34-25)24(33)17-14-21(32)31(15-17)19-9-7-18(27)8-10-19/h6-11,17H,4-5,12-15H2,1-3H3. The quantitative estimate of drug-likeness (QED) is 0.428. The Bertz CT molecular complexity index is 1160. The number of carbonyl (C=O) groups excluding carboxylic acids is 2. The smallest absolute Gasteiger partial charge is 0.234 e. The maximum atomic E-state index is 13.8. The van der Waals surface area contributed by atoms with Gasteiger partial charge in [0, 0.05) is 31.7 Å². The summed E-state index contributed by atoms with van der Waals surface area (Å²) in [5.41, 5.74) is 2.39. The normalized spacial score (nSPS) is 16.1. The molecule has 1 aromatic heterocycles. The van der Waals surface area contributed by atoms with Gasteiger partial charge in [0.2, 0.25) is 11.8 Å². The minimum atomic E-state index is -0.502. The second-order valence-corrected chi connectivity index (χ2v) is 9.82. The van der Waals surface area contributed by atoms with E-state index in [1.807, 2.05) is 19.1 Å². The highest BCUT2D eigenvalue weighted by atomic mass is 35.5. The minimum absolute atomic E-state index is 0.114. The van der Waals surface area contributed by atoms with Crippen molar-refractivity contribution in [3.8, 4) is 0 Å². The second-order valence-electron chi connectivity index (χ2n) is 8.44. The lowest BCUT2D eigenvalue weighted by Crippen LogP contribution is -2.42. The number of aryl methyl sites for hydroxylation is 1. The maximum absolute atomic E-state index is 13.8. The fraction of sp³-hybridized carbons (Fsp3) is 0.400. The number of carbonyl (C=O) groups is 2. The van der Waals surface area contributed by atoms with Crippen LogP contribution in [-0.4, -0.2) is 54.4 Å². The van der Waals surface area contributed by atoms with Crippen molar-refractivity contribution in [2.24, 2.45) is 5.92 Å². The lowest BCUT2D eigenvalue weighted by Gasteiger charge is -2.26. The van der Waals surface area contributed by atoms with Gasteiger partial charge in [0.15, 0.2) is 5.13 Å². The molecule has 1 atom stereocenters. The number of hydrogen-bond acceptors (Lipinski definition) is 5. The number of likely N-dealkylation sites (N-methyl/N-ethyl adjacent to an activating group) is 1. The van der Waals surface area contributed by atoms with Gasteiger partial charge in [-0.15, -0.1) is 0 Å². The van der Waals surface area contributed by atoms with E-state index in [1.54, 1.807) is 21.9 Å². The Morgan fingerprint density at radius 3 is 2.53 bits per heavy atom. The van der Waals surface area contributed by atoms with Crippen LogP contribution in [0.2, 0.25) is 5.02 Å². The molecule has 2 amide bonds. The van der Waals surface area contributed by atoms with Gasteiger partial charge in [-0.05, 0) is 55.9 Å². The molecular formula is C25H28ClFN4O2S. The third kappa shape index (κ3) is 4.94. The molecule has 6 nitrogen and oxygen atoms in total. The van der Waals surface area contributed by atoms with Gasteiger partial charge in [-0.1, -0.05) is 42.9 Å². The van der Waals surface area contributed by atoms with E-state index in [9.17, 15) is 14.0 Å². The first kappa shape index (κ1) is 24.6. The molecule has 1 aliphatic heterocycles. The molecule has 1 unspecified atom stereocenters. The van der Waals surface area contributed by atoms with Gasteiger partial charge in [0.25, 0.3) is 0 Å². The van der Waals surface area contributed by atoms with Crippen LogP contribution in [0.3, 0.4) is 0 Å². The van der Waals surface area contributed by atoms with E-state index in [2.05, 4.69) is 18.7 Å². The monoisotopic (exact) mass is 502 g/mol. The molecule has 0 bridgehead atoms. The maximum Gasteiger partial charge on any atom is 0.234 e. The largest absolute Gasteiger partial charge is 0.312 e. The number of rotatable bonds is 8. The van der Waals surface area contributed by atoms with Crippen LogP contribution in [0.4, 0.5) is 15.2 Å². The number of benzene rings is 2. The Morgan fingerprint density at radius 1 is 1.18 bits per heavy atom. The third-order valence-corrected chi connectivity index (χ3v) is 7.87. The molecule has 0 radical (unpaired) electrons. The molecule has 9 heteroatoms. The Kier molecular flexibility index (Phi) is 7.50. The SMILES string of the molecule is CCN(CC)CCN(C(=O)C1CC(=O)N(c2ccc(F)cc2)C1)c1nc2c(C)ccc(Cl)c2s1. The number of thiazole rings is 1. The summed E-state index contributed by atoms with van der Waals surface area (Å²) in [6, 6.07) is 9.54. The summed E-state index contributed by atoms with van der Waals surface area (Å²) in [5.74, 6) is -1.14. The molecule has 1 aliphatic rings. The third-order valence-electron chi connectivity index (χ3n) is 6.33. The highest BCUT2D eigenvalue weighted by Gasteiger charge is 2.38. The van der Waals surface area contributed by atoms with Gasteiger partial charge in [-0.25, -0.2) is 9.37 Å². The van der Waals surface area contributed by atoms with Crippen molar-refractivity contribution < 1.29 is 14.0 Å². The van der Waals surface area contributed by atoms with Crippen molar-refractivity contribution in [3.63, 3.8) is 0 Å². The van der Waals surface area contributed by atoms with Gasteiger partial charge in [0.1, 0.15) is 5.82 Å². The number of hydrogen-bond donors (Lipinski definition) is 0. The molecule has 3 aromatic rings. The van der Waals surface area contributed by atoms with Crippen molar-refractivity contribution >= 4 is 55.8 Å². The molecule has 4 rings (SSSR count). The van der Waals surface area contributed by atoms with Gasteiger partial charge in [-0.2, -0.15) is 0 Å². The average molecular weight is 503 g/mol. The topological polar surface area (TPSA) is 56.8 Å². The zero-order chi connectivity index (χ0) is 24.4. The Morgan fingerprint density at radius 2 is 1.88 bits per heavy atom. The van der Waals surface area contributed by atoms with Crippen LogP contribution in [0.15, 0.2) is 36.4 Å². The number of amides is 2. The van der Waals surface area contributed by atoms with E-state index in [-0.39, 0.29) is 30.6 Å². The van der Waals surface area contributed by atoms with Crippen molar-refractivity contribution in [2.45, 2.75) is 27.2 Å². The van der Waals surface area contributed by atoms with Gasteiger partial charge >= 0.3 is 0 Å². The van der Waals surface area contributed by atoms with E-state index < -0.39 is 5.92 Å². The average Bonchev–Trinajstić information content (AvgIpc) is 3.45. The van der Waals surface area contributed by atoms with Gasteiger partial charge in [-0.3, -0.25) is 14.5 Å². The van der Waals surface area contributed by atoms with Crippen molar-refractivity contribution in [3.05, 3.63) is 52.8 Å². The van der Waals surface area contributed by atoms with Crippen LogP contribution >= 0.6 is 22.9 Å². The lowest BCUT2D eigenvalue weighted by molar-refractivity contribution is -0.124.